The van der Waals surface area contributed by atoms with Crippen LogP contribution in [0.3, 0.4) is 0 Å². The number of thioether (sulfide) groups is 1. The molecule has 6 nitrogen and oxygen atoms in total. The molecule has 0 aliphatic rings. The topological polar surface area (TPSA) is 92.2 Å². The van der Waals surface area contributed by atoms with Gasteiger partial charge in [0.1, 0.15) is 5.82 Å². The smallest absolute Gasteiger partial charge is 0.312 e. The maximum Gasteiger partial charge on any atom is 0.312 e. The highest BCUT2D eigenvalue weighted by molar-refractivity contribution is 7.98. The molecular weight excluding hydrogens is 369 g/mol. The summed E-state index contributed by atoms with van der Waals surface area (Å²) in [6.45, 7) is 3.72. The summed E-state index contributed by atoms with van der Waals surface area (Å²) in [7, 11) is 0. The molecule has 0 bridgehead atoms. The minimum Gasteiger partial charge on any atom is -0.481 e. The number of nitrogens with zero attached hydrogens (tertiary/aromatic N) is 2. The van der Waals surface area contributed by atoms with E-state index in [0.29, 0.717) is 17.1 Å². The molecule has 1 aromatic heterocycles. The number of amides is 1. The molecule has 1 amide bonds. The number of nitrogens with one attached hydrogen (secondary N) is 1. The second-order valence-electron chi connectivity index (χ2n) is 6.11. The zero-order valence-corrected chi connectivity index (χ0v) is 16.3. The van der Waals surface area contributed by atoms with Crippen molar-refractivity contribution in [3.05, 3.63) is 52.6 Å². The SMILES string of the molecule is CSc1nc(C)c(CCC(=O)NCC(C(=O)O)c2ccc(F)cc2)c(C)n1. The molecule has 0 saturated carbocycles. The fourth-order valence-electron chi connectivity index (χ4n) is 2.75. The normalized spacial score (nSPS) is 11.9. The fraction of sp³-hybridized carbons (Fsp3) is 0.368. The van der Waals surface area contributed by atoms with Gasteiger partial charge in [-0.05, 0) is 49.8 Å². The van der Waals surface area contributed by atoms with Gasteiger partial charge in [-0.15, -0.1) is 0 Å². The van der Waals surface area contributed by atoms with Crippen LogP contribution >= 0.6 is 11.8 Å². The molecule has 2 N–H and O–H groups in total. The van der Waals surface area contributed by atoms with Crippen molar-refractivity contribution < 1.29 is 19.1 Å². The monoisotopic (exact) mass is 391 g/mol. The molecular formula is C19H22FN3O3S. The molecule has 1 unspecified atom stereocenters. The van der Waals surface area contributed by atoms with E-state index in [-0.39, 0.29) is 18.9 Å². The Kier molecular flexibility index (Phi) is 7.29. The van der Waals surface area contributed by atoms with Gasteiger partial charge < -0.3 is 10.4 Å². The van der Waals surface area contributed by atoms with E-state index >= 15 is 0 Å². The molecule has 1 heterocycles. The number of carbonyl (C=O) groups is 2. The van der Waals surface area contributed by atoms with Crippen LogP contribution in [0.1, 0.15) is 34.9 Å². The van der Waals surface area contributed by atoms with Gasteiger partial charge in [-0.3, -0.25) is 9.59 Å². The van der Waals surface area contributed by atoms with Crippen molar-refractivity contribution in [2.45, 2.75) is 37.8 Å². The third-order valence-corrected chi connectivity index (χ3v) is 4.81. The van der Waals surface area contributed by atoms with Crippen molar-refractivity contribution >= 4 is 23.6 Å². The van der Waals surface area contributed by atoms with Gasteiger partial charge in [0, 0.05) is 24.4 Å². The van der Waals surface area contributed by atoms with Gasteiger partial charge in [-0.1, -0.05) is 23.9 Å². The van der Waals surface area contributed by atoms with E-state index in [2.05, 4.69) is 15.3 Å². The van der Waals surface area contributed by atoms with Crippen molar-refractivity contribution in [2.24, 2.45) is 0 Å². The highest BCUT2D eigenvalue weighted by Gasteiger charge is 2.21. The lowest BCUT2D eigenvalue weighted by Gasteiger charge is -2.14. The third kappa shape index (κ3) is 5.75. The average molecular weight is 391 g/mol. The summed E-state index contributed by atoms with van der Waals surface area (Å²) in [5, 5.41) is 12.7. The third-order valence-electron chi connectivity index (χ3n) is 4.26. The Bertz CT molecular complexity index is 804. The number of aromatic nitrogens is 2. The second-order valence-corrected chi connectivity index (χ2v) is 6.88. The van der Waals surface area contributed by atoms with E-state index < -0.39 is 17.7 Å². The van der Waals surface area contributed by atoms with Crippen LogP contribution in [0.25, 0.3) is 0 Å². The summed E-state index contributed by atoms with van der Waals surface area (Å²) in [5.74, 6) is -2.69. The van der Waals surface area contributed by atoms with Crippen LogP contribution < -0.4 is 5.32 Å². The van der Waals surface area contributed by atoms with Crippen LogP contribution in [0.5, 0.6) is 0 Å². The Balaban J connectivity index is 1.95. The van der Waals surface area contributed by atoms with Crippen molar-refractivity contribution in [3.63, 3.8) is 0 Å². The number of carboxylic acid groups (broad SMARTS) is 1. The number of halogens is 1. The number of benzene rings is 1. The van der Waals surface area contributed by atoms with E-state index in [1.165, 1.54) is 36.0 Å². The number of carbonyl (C=O) groups excluding carboxylic acids is 1. The van der Waals surface area contributed by atoms with Crippen molar-refractivity contribution in [3.8, 4) is 0 Å². The van der Waals surface area contributed by atoms with Crippen LogP contribution in [0.4, 0.5) is 4.39 Å². The second kappa shape index (κ2) is 9.45. The molecule has 1 aromatic carbocycles. The van der Waals surface area contributed by atoms with Gasteiger partial charge in [-0.25, -0.2) is 14.4 Å². The Hall–Kier alpha value is -2.48. The van der Waals surface area contributed by atoms with E-state index in [0.717, 1.165) is 17.0 Å². The van der Waals surface area contributed by atoms with Crippen molar-refractivity contribution in [1.82, 2.24) is 15.3 Å². The van der Waals surface area contributed by atoms with Gasteiger partial charge in [-0.2, -0.15) is 0 Å². The van der Waals surface area contributed by atoms with Gasteiger partial charge in [0.15, 0.2) is 5.16 Å². The average Bonchev–Trinajstić information content (AvgIpc) is 2.62. The lowest BCUT2D eigenvalue weighted by Crippen LogP contribution is -2.32. The predicted molar refractivity (Wildman–Crippen MR) is 101 cm³/mol. The first-order valence-electron chi connectivity index (χ1n) is 8.45. The molecule has 0 aliphatic carbocycles. The molecule has 0 aliphatic heterocycles. The molecule has 2 rings (SSSR count). The predicted octanol–water partition coefficient (Wildman–Crippen LogP) is 2.87. The lowest BCUT2D eigenvalue weighted by atomic mass is 9.99. The molecule has 0 saturated heterocycles. The highest BCUT2D eigenvalue weighted by atomic mass is 32.2. The van der Waals surface area contributed by atoms with Crippen LogP contribution in [0.2, 0.25) is 0 Å². The minimum absolute atomic E-state index is 0.0559. The van der Waals surface area contributed by atoms with Crippen molar-refractivity contribution in [2.75, 3.05) is 12.8 Å². The van der Waals surface area contributed by atoms with E-state index in [1.807, 2.05) is 20.1 Å². The van der Waals surface area contributed by atoms with E-state index in [4.69, 9.17) is 0 Å². The minimum atomic E-state index is -1.07. The van der Waals surface area contributed by atoms with Gasteiger partial charge in [0.05, 0.1) is 5.92 Å². The van der Waals surface area contributed by atoms with E-state index in [1.54, 1.807) is 0 Å². The van der Waals surface area contributed by atoms with Gasteiger partial charge >= 0.3 is 5.97 Å². The Morgan fingerprint density at radius 2 is 1.78 bits per heavy atom. The molecule has 27 heavy (non-hydrogen) atoms. The van der Waals surface area contributed by atoms with Crippen molar-refractivity contribution in [1.29, 1.82) is 0 Å². The number of hydrogen-bond donors (Lipinski definition) is 2. The first-order chi connectivity index (χ1) is 12.8. The van der Waals surface area contributed by atoms with Gasteiger partial charge in [0.25, 0.3) is 0 Å². The summed E-state index contributed by atoms with van der Waals surface area (Å²) >= 11 is 1.46. The highest BCUT2D eigenvalue weighted by Crippen LogP contribution is 2.18. The molecule has 8 heteroatoms. The van der Waals surface area contributed by atoms with Crippen LogP contribution in [0.15, 0.2) is 29.4 Å². The first kappa shape index (κ1) is 20.8. The summed E-state index contributed by atoms with van der Waals surface area (Å²) in [6, 6.07) is 5.24. The number of hydrogen-bond acceptors (Lipinski definition) is 5. The molecule has 0 spiro atoms. The maximum absolute atomic E-state index is 13.0. The standard InChI is InChI=1S/C19H22FN3O3S/c1-11-15(12(2)23-19(22-11)27-3)8-9-17(24)21-10-16(18(25)26)13-4-6-14(20)7-5-13/h4-7,16H,8-10H2,1-3H3,(H,21,24)(H,25,26). The zero-order valence-electron chi connectivity index (χ0n) is 15.5. The molecule has 0 radical (unpaired) electrons. The van der Waals surface area contributed by atoms with Gasteiger partial charge in [0.2, 0.25) is 5.91 Å². The molecule has 2 aromatic rings. The summed E-state index contributed by atoms with van der Waals surface area (Å²) < 4.78 is 13.0. The number of rotatable bonds is 8. The Morgan fingerprint density at radius 3 is 2.30 bits per heavy atom. The summed E-state index contributed by atoms with van der Waals surface area (Å²) in [6.07, 6.45) is 2.59. The van der Waals surface area contributed by atoms with Crippen LogP contribution in [0, 0.1) is 19.7 Å². The number of aliphatic carboxylic acids is 1. The maximum atomic E-state index is 13.0. The lowest BCUT2D eigenvalue weighted by molar-refractivity contribution is -0.138. The largest absolute Gasteiger partial charge is 0.481 e. The number of aryl methyl sites for hydroxylation is 2. The van der Waals surface area contributed by atoms with E-state index in [9.17, 15) is 19.1 Å². The Labute approximate surface area is 161 Å². The zero-order chi connectivity index (χ0) is 20.0. The summed E-state index contributed by atoms with van der Waals surface area (Å²) in [4.78, 5) is 32.4. The molecule has 1 atom stereocenters. The fourth-order valence-corrected chi connectivity index (χ4v) is 3.20. The first-order valence-corrected chi connectivity index (χ1v) is 9.67. The Morgan fingerprint density at radius 1 is 1.19 bits per heavy atom. The van der Waals surface area contributed by atoms with Crippen LogP contribution in [-0.4, -0.2) is 39.8 Å². The molecule has 0 fully saturated rings. The molecule has 144 valence electrons. The summed E-state index contributed by atoms with van der Waals surface area (Å²) in [5.41, 5.74) is 3.05. The van der Waals surface area contributed by atoms with Crippen LogP contribution in [-0.2, 0) is 16.0 Å². The number of carboxylic acids is 1. The quantitative estimate of drug-likeness (QED) is 0.531.